The van der Waals surface area contributed by atoms with Crippen molar-refractivity contribution in [1.82, 2.24) is 10.2 Å². The first kappa shape index (κ1) is 11.0. The van der Waals surface area contributed by atoms with Crippen molar-refractivity contribution in [3.8, 4) is 0 Å². The third-order valence-electron chi connectivity index (χ3n) is 2.83. The minimum Gasteiger partial charge on any atom is -0.315 e. The fourth-order valence-corrected chi connectivity index (χ4v) is 2.08. The summed E-state index contributed by atoms with van der Waals surface area (Å²) in [4.78, 5) is 2.46. The fourth-order valence-electron chi connectivity index (χ4n) is 2.08. The third-order valence-corrected chi connectivity index (χ3v) is 2.83. The van der Waals surface area contributed by atoms with Gasteiger partial charge in [-0.2, -0.15) is 0 Å². The van der Waals surface area contributed by atoms with Crippen LogP contribution in [0.2, 0.25) is 0 Å². The molecule has 0 spiro atoms. The quantitative estimate of drug-likeness (QED) is 0.715. The normalized spacial score (nSPS) is 25.4. The lowest BCUT2D eigenvalue weighted by molar-refractivity contribution is 0.201. The van der Waals surface area contributed by atoms with E-state index >= 15 is 0 Å². The van der Waals surface area contributed by atoms with E-state index < -0.39 is 0 Å². The predicted molar refractivity (Wildman–Crippen MR) is 58.0 cm³/mol. The molecule has 1 aliphatic heterocycles. The maximum Gasteiger partial charge on any atom is 0.00103 e. The van der Waals surface area contributed by atoms with E-state index in [2.05, 4.69) is 31.1 Å². The molecule has 0 aliphatic carbocycles. The smallest absolute Gasteiger partial charge is 0.00103 e. The molecule has 0 aromatic rings. The summed E-state index contributed by atoms with van der Waals surface area (Å²) in [7, 11) is 2.24. The van der Waals surface area contributed by atoms with Crippen LogP contribution in [0.15, 0.2) is 0 Å². The number of nitrogens with zero attached hydrogens (tertiary/aromatic N) is 1. The van der Waals surface area contributed by atoms with Crippen LogP contribution in [0, 0.1) is 5.92 Å². The van der Waals surface area contributed by atoms with Gasteiger partial charge >= 0.3 is 0 Å². The molecule has 0 saturated carbocycles. The first-order chi connectivity index (χ1) is 6.18. The summed E-state index contributed by atoms with van der Waals surface area (Å²) >= 11 is 0. The lowest BCUT2D eigenvalue weighted by atomic mass is 9.95. The molecular formula is C11H24N2. The maximum absolute atomic E-state index is 3.49. The number of rotatable bonds is 4. The van der Waals surface area contributed by atoms with E-state index in [-0.39, 0.29) is 0 Å². The topological polar surface area (TPSA) is 15.3 Å². The Labute approximate surface area is 82.7 Å². The molecule has 78 valence electrons. The van der Waals surface area contributed by atoms with Crippen molar-refractivity contribution in [2.45, 2.75) is 39.2 Å². The molecule has 1 N–H and O–H groups in total. The zero-order chi connectivity index (χ0) is 9.68. The molecule has 1 unspecified atom stereocenters. The molecule has 0 radical (unpaired) electrons. The van der Waals surface area contributed by atoms with Crippen molar-refractivity contribution < 1.29 is 0 Å². The number of hydrogen-bond donors (Lipinski definition) is 1. The fraction of sp³-hybridized carbons (Fsp3) is 1.00. The molecule has 0 aromatic carbocycles. The monoisotopic (exact) mass is 184 g/mol. The Morgan fingerprint density at radius 1 is 1.46 bits per heavy atom. The molecule has 2 nitrogen and oxygen atoms in total. The highest BCUT2D eigenvalue weighted by atomic mass is 15.1. The Balaban J connectivity index is 2.06. The summed E-state index contributed by atoms with van der Waals surface area (Å²) in [6.45, 7) is 8.23. The summed E-state index contributed by atoms with van der Waals surface area (Å²) in [5.74, 6) is 0.935. The molecule has 13 heavy (non-hydrogen) atoms. The van der Waals surface area contributed by atoms with Gasteiger partial charge in [-0.1, -0.05) is 13.8 Å². The van der Waals surface area contributed by atoms with Crippen LogP contribution in [0.1, 0.15) is 33.1 Å². The Morgan fingerprint density at radius 3 is 2.85 bits per heavy atom. The average molecular weight is 184 g/mol. The highest BCUT2D eigenvalue weighted by Gasteiger charge is 2.16. The number of nitrogens with one attached hydrogen (secondary N) is 1. The van der Waals surface area contributed by atoms with Crippen molar-refractivity contribution in [3.05, 3.63) is 0 Å². The summed E-state index contributed by atoms with van der Waals surface area (Å²) in [5, 5.41) is 3.49. The SMILES string of the molecule is CC(C)NCCC1CCCN(C)C1. The molecule has 1 fully saturated rings. The summed E-state index contributed by atoms with van der Waals surface area (Å²) in [5.41, 5.74) is 0. The van der Waals surface area contributed by atoms with E-state index in [0.717, 1.165) is 5.92 Å². The van der Waals surface area contributed by atoms with Gasteiger partial charge in [-0.3, -0.25) is 0 Å². The number of likely N-dealkylation sites (tertiary alicyclic amines) is 1. The molecule has 1 atom stereocenters. The van der Waals surface area contributed by atoms with Crippen molar-refractivity contribution in [3.63, 3.8) is 0 Å². The van der Waals surface area contributed by atoms with E-state index in [1.807, 2.05) is 0 Å². The Kier molecular flexibility index (Phi) is 4.74. The maximum atomic E-state index is 3.49. The van der Waals surface area contributed by atoms with Crippen LogP contribution in [-0.4, -0.2) is 37.6 Å². The van der Waals surface area contributed by atoms with Crippen molar-refractivity contribution in [2.24, 2.45) is 5.92 Å². The van der Waals surface area contributed by atoms with Gasteiger partial charge in [0.25, 0.3) is 0 Å². The molecule has 1 saturated heterocycles. The minimum atomic E-state index is 0.640. The van der Waals surface area contributed by atoms with Gasteiger partial charge in [0.15, 0.2) is 0 Å². The van der Waals surface area contributed by atoms with Gasteiger partial charge in [0.2, 0.25) is 0 Å². The second-order valence-electron chi connectivity index (χ2n) is 4.67. The molecule has 0 amide bonds. The Hall–Kier alpha value is -0.0800. The van der Waals surface area contributed by atoms with Crippen molar-refractivity contribution in [1.29, 1.82) is 0 Å². The van der Waals surface area contributed by atoms with E-state index in [9.17, 15) is 0 Å². The van der Waals surface area contributed by atoms with Crippen molar-refractivity contribution >= 4 is 0 Å². The highest BCUT2D eigenvalue weighted by molar-refractivity contribution is 4.71. The van der Waals surface area contributed by atoms with Gasteiger partial charge < -0.3 is 10.2 Å². The van der Waals surface area contributed by atoms with Gasteiger partial charge in [-0.15, -0.1) is 0 Å². The second-order valence-corrected chi connectivity index (χ2v) is 4.67. The highest BCUT2D eigenvalue weighted by Crippen LogP contribution is 2.17. The van der Waals surface area contributed by atoms with Crippen LogP contribution in [0.25, 0.3) is 0 Å². The van der Waals surface area contributed by atoms with Gasteiger partial charge in [-0.05, 0) is 45.3 Å². The number of piperidine rings is 1. The largest absolute Gasteiger partial charge is 0.315 e. The molecule has 1 heterocycles. The van der Waals surface area contributed by atoms with Gasteiger partial charge in [-0.25, -0.2) is 0 Å². The van der Waals surface area contributed by atoms with E-state index in [0.29, 0.717) is 6.04 Å². The van der Waals surface area contributed by atoms with E-state index in [1.54, 1.807) is 0 Å². The first-order valence-electron chi connectivity index (χ1n) is 5.60. The van der Waals surface area contributed by atoms with Crippen molar-refractivity contribution in [2.75, 3.05) is 26.7 Å². The van der Waals surface area contributed by atoms with Gasteiger partial charge in [0.1, 0.15) is 0 Å². The average Bonchev–Trinajstić information content (AvgIpc) is 2.03. The molecule has 1 aliphatic rings. The zero-order valence-corrected chi connectivity index (χ0v) is 9.34. The van der Waals surface area contributed by atoms with E-state index in [1.165, 1.54) is 38.9 Å². The van der Waals surface area contributed by atoms with Crippen LogP contribution >= 0.6 is 0 Å². The molecule has 0 bridgehead atoms. The van der Waals surface area contributed by atoms with Crippen LogP contribution in [0.5, 0.6) is 0 Å². The second kappa shape index (κ2) is 5.61. The summed E-state index contributed by atoms with van der Waals surface area (Å²) in [6.07, 6.45) is 4.18. The summed E-state index contributed by atoms with van der Waals surface area (Å²) < 4.78 is 0. The van der Waals surface area contributed by atoms with Crippen LogP contribution in [0.3, 0.4) is 0 Å². The molecule has 0 aromatic heterocycles. The third kappa shape index (κ3) is 4.63. The zero-order valence-electron chi connectivity index (χ0n) is 9.34. The van der Waals surface area contributed by atoms with Crippen LogP contribution < -0.4 is 5.32 Å². The minimum absolute atomic E-state index is 0.640. The Bertz CT molecular complexity index is 134. The standard InChI is InChI=1S/C11H24N2/c1-10(2)12-7-6-11-5-4-8-13(3)9-11/h10-12H,4-9H2,1-3H3. The molecule has 2 heteroatoms. The lowest BCUT2D eigenvalue weighted by Crippen LogP contribution is -2.34. The first-order valence-corrected chi connectivity index (χ1v) is 5.60. The van der Waals surface area contributed by atoms with E-state index in [4.69, 9.17) is 0 Å². The summed E-state index contributed by atoms with van der Waals surface area (Å²) in [6, 6.07) is 0.640. The van der Waals surface area contributed by atoms with Crippen LogP contribution in [-0.2, 0) is 0 Å². The van der Waals surface area contributed by atoms with Gasteiger partial charge in [0.05, 0.1) is 0 Å². The van der Waals surface area contributed by atoms with Crippen LogP contribution in [0.4, 0.5) is 0 Å². The number of hydrogen-bond acceptors (Lipinski definition) is 2. The predicted octanol–water partition coefficient (Wildman–Crippen LogP) is 1.72. The lowest BCUT2D eigenvalue weighted by Gasteiger charge is -2.29. The molecule has 1 rings (SSSR count). The molecular weight excluding hydrogens is 160 g/mol. The van der Waals surface area contributed by atoms with Gasteiger partial charge in [0, 0.05) is 12.6 Å². The Morgan fingerprint density at radius 2 is 2.23 bits per heavy atom.